The van der Waals surface area contributed by atoms with Gasteiger partial charge in [-0.3, -0.25) is 4.79 Å². The summed E-state index contributed by atoms with van der Waals surface area (Å²) in [5, 5.41) is 0. The zero-order chi connectivity index (χ0) is 12.3. The molecule has 0 aliphatic heterocycles. The third-order valence-corrected chi connectivity index (χ3v) is 2.29. The number of hydrogen-bond donors (Lipinski definition) is 0. The van der Waals surface area contributed by atoms with E-state index in [2.05, 4.69) is 4.98 Å². The molecule has 0 unspecified atom stereocenters. The average molecular weight is 231 g/mol. The molecule has 17 heavy (non-hydrogen) atoms. The summed E-state index contributed by atoms with van der Waals surface area (Å²) in [5.41, 5.74) is 0.833. The minimum Gasteiger partial charge on any atom is -0.497 e. The van der Waals surface area contributed by atoms with Crippen LogP contribution < -0.4 is 4.74 Å². The Morgan fingerprint density at radius 1 is 1.47 bits per heavy atom. The fraction of sp³-hybridized carbons (Fsp3) is 0.231. The number of aromatic nitrogens is 1. The number of ketones is 1. The van der Waals surface area contributed by atoms with Crippen LogP contribution in [-0.2, 0) is 11.2 Å². The van der Waals surface area contributed by atoms with Crippen LogP contribution in [0.15, 0.2) is 34.9 Å². The van der Waals surface area contributed by atoms with Gasteiger partial charge in [0, 0.05) is 5.56 Å². The van der Waals surface area contributed by atoms with Crippen LogP contribution in [0, 0.1) is 0 Å². The first-order valence-electron chi connectivity index (χ1n) is 5.27. The summed E-state index contributed by atoms with van der Waals surface area (Å²) in [4.78, 5) is 15.1. The second kappa shape index (κ2) is 4.82. The molecule has 2 rings (SSSR count). The smallest absolute Gasteiger partial charge is 0.226 e. The Hall–Kier alpha value is -2.10. The summed E-state index contributed by atoms with van der Waals surface area (Å²) in [6.07, 6.45) is 1.85. The Labute approximate surface area is 99.2 Å². The summed E-state index contributed by atoms with van der Waals surface area (Å²) >= 11 is 0. The molecule has 4 heteroatoms. The van der Waals surface area contributed by atoms with Crippen molar-refractivity contribution in [3.8, 4) is 17.2 Å². The Balaban J connectivity index is 2.26. The van der Waals surface area contributed by atoms with Gasteiger partial charge in [0.1, 0.15) is 17.3 Å². The van der Waals surface area contributed by atoms with Gasteiger partial charge >= 0.3 is 0 Å². The second-order valence-corrected chi connectivity index (χ2v) is 3.74. The summed E-state index contributed by atoms with van der Waals surface area (Å²) in [6, 6.07) is 7.43. The molecule has 0 fully saturated rings. The summed E-state index contributed by atoms with van der Waals surface area (Å²) in [5.74, 6) is 1.88. The average Bonchev–Trinajstić information content (AvgIpc) is 2.77. The molecule has 88 valence electrons. The lowest BCUT2D eigenvalue weighted by atomic mass is 10.2. The first kappa shape index (κ1) is 11.4. The zero-order valence-corrected chi connectivity index (χ0v) is 9.77. The van der Waals surface area contributed by atoms with E-state index in [1.165, 1.54) is 6.92 Å². The van der Waals surface area contributed by atoms with Gasteiger partial charge in [-0.05, 0) is 25.1 Å². The summed E-state index contributed by atoms with van der Waals surface area (Å²) in [7, 11) is 1.61. The Kier molecular flexibility index (Phi) is 3.23. The fourth-order valence-corrected chi connectivity index (χ4v) is 1.52. The summed E-state index contributed by atoms with van der Waals surface area (Å²) in [6.45, 7) is 1.52. The molecule has 0 amide bonds. The van der Waals surface area contributed by atoms with Gasteiger partial charge in [0.2, 0.25) is 5.89 Å². The van der Waals surface area contributed by atoms with Gasteiger partial charge in [-0.15, -0.1) is 0 Å². The molecule has 0 bridgehead atoms. The maximum absolute atomic E-state index is 11.0. The highest BCUT2D eigenvalue weighted by Gasteiger charge is 2.08. The Bertz CT molecular complexity index is 531. The minimum absolute atomic E-state index is 0.0540. The Morgan fingerprint density at radius 3 is 3.00 bits per heavy atom. The highest BCUT2D eigenvalue weighted by Crippen LogP contribution is 2.23. The van der Waals surface area contributed by atoms with E-state index in [1.807, 2.05) is 24.3 Å². The number of carbonyl (C=O) groups excluding carboxylic acids is 1. The van der Waals surface area contributed by atoms with Crippen molar-refractivity contribution in [2.24, 2.45) is 0 Å². The number of nitrogens with zero attached hydrogens (tertiary/aromatic N) is 1. The third kappa shape index (κ3) is 2.72. The molecule has 1 heterocycles. The molecule has 4 nitrogen and oxygen atoms in total. The molecular weight excluding hydrogens is 218 g/mol. The molecule has 1 aromatic heterocycles. The predicted molar refractivity (Wildman–Crippen MR) is 62.9 cm³/mol. The van der Waals surface area contributed by atoms with Crippen molar-refractivity contribution in [1.29, 1.82) is 0 Å². The van der Waals surface area contributed by atoms with Crippen LogP contribution >= 0.6 is 0 Å². The largest absolute Gasteiger partial charge is 0.497 e. The molecule has 0 saturated carbocycles. The van der Waals surface area contributed by atoms with Gasteiger partial charge in [0.15, 0.2) is 0 Å². The molecule has 0 N–H and O–H groups in total. The quantitative estimate of drug-likeness (QED) is 0.811. The molecular formula is C13H13NO3. The van der Waals surface area contributed by atoms with Crippen LogP contribution in [0.4, 0.5) is 0 Å². The minimum atomic E-state index is 0.0540. The topological polar surface area (TPSA) is 52.3 Å². The number of ether oxygens (including phenoxy) is 1. The van der Waals surface area contributed by atoms with Crippen LogP contribution in [0.3, 0.4) is 0 Å². The van der Waals surface area contributed by atoms with E-state index in [1.54, 1.807) is 13.3 Å². The second-order valence-electron chi connectivity index (χ2n) is 3.74. The van der Waals surface area contributed by atoms with Crippen LogP contribution in [0.1, 0.15) is 12.7 Å². The van der Waals surface area contributed by atoms with Gasteiger partial charge in [-0.2, -0.15) is 0 Å². The third-order valence-electron chi connectivity index (χ3n) is 2.29. The number of benzene rings is 1. The van der Waals surface area contributed by atoms with Gasteiger partial charge in [0.05, 0.1) is 19.7 Å². The molecule has 0 aliphatic rings. The van der Waals surface area contributed by atoms with Crippen molar-refractivity contribution in [2.75, 3.05) is 7.11 Å². The molecule has 1 aromatic carbocycles. The lowest BCUT2D eigenvalue weighted by Crippen LogP contribution is -1.93. The van der Waals surface area contributed by atoms with Crippen molar-refractivity contribution in [2.45, 2.75) is 13.3 Å². The van der Waals surface area contributed by atoms with Crippen molar-refractivity contribution in [3.63, 3.8) is 0 Å². The van der Waals surface area contributed by atoms with Gasteiger partial charge < -0.3 is 9.15 Å². The van der Waals surface area contributed by atoms with E-state index in [0.29, 0.717) is 11.7 Å². The van der Waals surface area contributed by atoms with E-state index < -0.39 is 0 Å². The molecule has 0 radical (unpaired) electrons. The molecule has 0 atom stereocenters. The molecule has 0 aliphatic carbocycles. The van der Waals surface area contributed by atoms with Gasteiger partial charge in [-0.25, -0.2) is 4.98 Å². The van der Waals surface area contributed by atoms with Gasteiger partial charge in [0.25, 0.3) is 0 Å². The molecule has 0 saturated heterocycles. The first-order valence-corrected chi connectivity index (χ1v) is 5.27. The van der Waals surface area contributed by atoms with E-state index in [4.69, 9.17) is 9.15 Å². The van der Waals surface area contributed by atoms with Gasteiger partial charge in [-0.1, -0.05) is 6.07 Å². The first-order chi connectivity index (χ1) is 8.19. The highest BCUT2D eigenvalue weighted by atomic mass is 16.5. The van der Waals surface area contributed by atoms with Crippen LogP contribution in [0.5, 0.6) is 5.75 Å². The standard InChI is InChI=1S/C13H13NO3/c1-9(15)6-12-8-14-13(17-12)10-4-3-5-11(7-10)16-2/h3-5,7-8H,6H2,1-2H3. The van der Waals surface area contributed by atoms with Crippen molar-refractivity contribution in [1.82, 2.24) is 4.98 Å². The van der Waals surface area contributed by atoms with E-state index >= 15 is 0 Å². The number of Topliss-reactive ketones (excluding diaryl/α,β-unsaturated/α-hetero) is 1. The molecule has 2 aromatic rings. The van der Waals surface area contributed by atoms with Crippen molar-refractivity contribution < 1.29 is 13.9 Å². The number of methoxy groups -OCH3 is 1. The lowest BCUT2D eigenvalue weighted by molar-refractivity contribution is -0.116. The maximum Gasteiger partial charge on any atom is 0.226 e. The highest BCUT2D eigenvalue weighted by molar-refractivity contribution is 5.77. The fourth-order valence-electron chi connectivity index (χ4n) is 1.52. The van der Waals surface area contributed by atoms with Crippen molar-refractivity contribution in [3.05, 3.63) is 36.2 Å². The maximum atomic E-state index is 11.0. The van der Waals surface area contributed by atoms with E-state index in [9.17, 15) is 4.79 Å². The summed E-state index contributed by atoms with van der Waals surface area (Å²) < 4.78 is 10.6. The van der Waals surface area contributed by atoms with Crippen LogP contribution in [0.2, 0.25) is 0 Å². The number of rotatable bonds is 4. The normalized spacial score (nSPS) is 10.2. The van der Waals surface area contributed by atoms with Crippen LogP contribution in [-0.4, -0.2) is 17.9 Å². The van der Waals surface area contributed by atoms with E-state index in [0.717, 1.165) is 11.3 Å². The molecule has 0 spiro atoms. The predicted octanol–water partition coefficient (Wildman–Crippen LogP) is 2.48. The lowest BCUT2D eigenvalue weighted by Gasteiger charge is -2.00. The Morgan fingerprint density at radius 2 is 2.29 bits per heavy atom. The number of oxazole rings is 1. The SMILES string of the molecule is COc1cccc(-c2ncc(CC(C)=O)o2)c1. The number of carbonyl (C=O) groups is 1. The monoisotopic (exact) mass is 231 g/mol. The van der Waals surface area contributed by atoms with Crippen molar-refractivity contribution >= 4 is 5.78 Å². The van der Waals surface area contributed by atoms with Crippen LogP contribution in [0.25, 0.3) is 11.5 Å². The van der Waals surface area contributed by atoms with E-state index in [-0.39, 0.29) is 12.2 Å². The zero-order valence-electron chi connectivity index (χ0n) is 9.77. The number of hydrogen-bond acceptors (Lipinski definition) is 4.